The van der Waals surface area contributed by atoms with Crippen molar-refractivity contribution in [3.63, 3.8) is 0 Å². The molecule has 41 heavy (non-hydrogen) atoms. The molecular formula is C28H34O13. The first-order valence-electron chi connectivity index (χ1n) is 12.9. The van der Waals surface area contributed by atoms with Crippen molar-refractivity contribution in [3.05, 3.63) is 65.7 Å². The molecule has 2 heterocycles. The minimum atomic E-state index is -2.05. The van der Waals surface area contributed by atoms with E-state index in [1.807, 2.05) is 0 Å². The maximum absolute atomic E-state index is 12.1. The van der Waals surface area contributed by atoms with Gasteiger partial charge in [0, 0.05) is 6.08 Å². The molecule has 7 N–H and O–H groups in total. The molecule has 0 saturated carbocycles. The number of aromatic hydroxyl groups is 2. The minimum absolute atomic E-state index is 0.0703. The molecule has 0 aliphatic carbocycles. The second-order valence-electron chi connectivity index (χ2n) is 9.86. The number of rotatable bonds is 11. The minimum Gasteiger partial charge on any atom is -0.508 e. The van der Waals surface area contributed by atoms with Crippen LogP contribution >= 0.6 is 0 Å². The van der Waals surface area contributed by atoms with Crippen molar-refractivity contribution < 1.29 is 64.2 Å². The predicted molar refractivity (Wildman–Crippen MR) is 139 cm³/mol. The SMILES string of the molecule is O=C(C=Cc1ccc(O)cc1)OCC1(O)COC(OC2C(OCCc3ccc(O)cc3)OC(CO)C(O)C2O)C1O. The Morgan fingerprint density at radius 3 is 2.29 bits per heavy atom. The molecule has 0 spiro atoms. The van der Waals surface area contributed by atoms with Crippen molar-refractivity contribution in [3.8, 4) is 11.5 Å². The first-order valence-corrected chi connectivity index (χ1v) is 12.9. The summed E-state index contributed by atoms with van der Waals surface area (Å²) in [5, 5.41) is 71.0. The number of phenolic OH excluding ortho intramolecular Hbond substituents is 2. The molecule has 2 aromatic rings. The molecule has 2 aliphatic heterocycles. The molecular weight excluding hydrogens is 544 g/mol. The number of esters is 1. The molecule has 224 valence electrons. The molecule has 8 atom stereocenters. The van der Waals surface area contributed by atoms with Gasteiger partial charge >= 0.3 is 5.97 Å². The van der Waals surface area contributed by atoms with E-state index < -0.39 is 74.5 Å². The predicted octanol–water partition coefficient (Wildman–Crippen LogP) is -0.814. The highest BCUT2D eigenvalue weighted by Gasteiger charge is 2.53. The zero-order valence-electron chi connectivity index (χ0n) is 21.9. The fourth-order valence-corrected chi connectivity index (χ4v) is 4.34. The van der Waals surface area contributed by atoms with E-state index in [2.05, 4.69) is 0 Å². The number of phenols is 2. The van der Waals surface area contributed by atoms with Crippen LogP contribution in [0.15, 0.2) is 54.6 Å². The quantitative estimate of drug-likeness (QED) is 0.129. The van der Waals surface area contributed by atoms with Crippen LogP contribution < -0.4 is 0 Å². The van der Waals surface area contributed by atoms with Crippen molar-refractivity contribution in [2.75, 3.05) is 26.4 Å². The van der Waals surface area contributed by atoms with Crippen LogP contribution in [0.3, 0.4) is 0 Å². The van der Waals surface area contributed by atoms with Gasteiger partial charge in [-0.1, -0.05) is 24.3 Å². The number of hydrogen-bond donors (Lipinski definition) is 7. The van der Waals surface area contributed by atoms with Gasteiger partial charge in [0.05, 0.1) is 19.8 Å². The van der Waals surface area contributed by atoms with Gasteiger partial charge in [-0.25, -0.2) is 4.79 Å². The number of benzene rings is 2. The lowest BCUT2D eigenvalue weighted by atomic mass is 9.98. The molecule has 2 aliphatic rings. The Hall–Kier alpha value is -3.11. The fraction of sp³-hybridized carbons (Fsp3) is 0.464. The highest BCUT2D eigenvalue weighted by atomic mass is 16.8. The van der Waals surface area contributed by atoms with Gasteiger partial charge in [0.2, 0.25) is 0 Å². The molecule has 13 heteroatoms. The van der Waals surface area contributed by atoms with Crippen molar-refractivity contribution in [2.45, 2.75) is 55.1 Å². The standard InChI is InChI=1S/C28H34O13/c29-13-20-22(33)23(34)24(26(40-20)37-12-11-17-3-8-19(31)9-4-17)41-27-25(35)28(36,15-39-27)14-38-21(32)10-5-16-1-6-18(30)7-2-16/h1-10,20,22-27,29-31,33-36H,11-15H2. The topological polar surface area (TPSA) is 205 Å². The highest BCUT2D eigenvalue weighted by Crippen LogP contribution is 2.32. The average molecular weight is 579 g/mol. The van der Waals surface area contributed by atoms with Gasteiger partial charge in [0.1, 0.15) is 48.6 Å². The Labute approximate surface area is 235 Å². The van der Waals surface area contributed by atoms with E-state index in [1.165, 1.54) is 30.3 Å². The molecule has 13 nitrogen and oxygen atoms in total. The van der Waals surface area contributed by atoms with E-state index in [0.717, 1.165) is 11.6 Å². The molecule has 0 radical (unpaired) electrons. The van der Waals surface area contributed by atoms with E-state index in [9.17, 15) is 40.5 Å². The van der Waals surface area contributed by atoms with Crippen LogP contribution in [0, 0.1) is 0 Å². The summed E-state index contributed by atoms with van der Waals surface area (Å²) in [4.78, 5) is 12.1. The summed E-state index contributed by atoms with van der Waals surface area (Å²) >= 11 is 0. The maximum atomic E-state index is 12.1. The van der Waals surface area contributed by atoms with E-state index in [1.54, 1.807) is 24.3 Å². The lowest BCUT2D eigenvalue weighted by Crippen LogP contribution is -2.61. The zero-order chi connectivity index (χ0) is 29.6. The number of carbonyl (C=O) groups is 1. The summed E-state index contributed by atoms with van der Waals surface area (Å²) in [5.74, 6) is -0.627. The Kier molecular flexibility index (Phi) is 10.3. The van der Waals surface area contributed by atoms with Crippen molar-refractivity contribution in [1.82, 2.24) is 0 Å². The van der Waals surface area contributed by atoms with Gasteiger partial charge in [-0.15, -0.1) is 0 Å². The normalized spacial score (nSPS) is 31.9. The largest absolute Gasteiger partial charge is 0.508 e. The summed E-state index contributed by atoms with van der Waals surface area (Å²) in [7, 11) is 0. The molecule has 2 aromatic carbocycles. The molecule has 2 fully saturated rings. The van der Waals surface area contributed by atoms with E-state index in [4.69, 9.17) is 23.7 Å². The van der Waals surface area contributed by atoms with Crippen LogP contribution in [0.4, 0.5) is 0 Å². The molecule has 2 saturated heterocycles. The summed E-state index contributed by atoms with van der Waals surface area (Å²) < 4.78 is 27.5. The lowest BCUT2D eigenvalue weighted by Gasteiger charge is -2.42. The van der Waals surface area contributed by atoms with Crippen LogP contribution in [-0.4, -0.2) is 117 Å². The van der Waals surface area contributed by atoms with E-state index in [0.29, 0.717) is 12.0 Å². The Bertz CT molecular complexity index is 1150. The van der Waals surface area contributed by atoms with Gasteiger partial charge in [0.15, 0.2) is 18.2 Å². The molecule has 0 amide bonds. The number of ether oxygens (including phenoxy) is 5. The third kappa shape index (κ3) is 7.80. The smallest absolute Gasteiger partial charge is 0.330 e. The monoisotopic (exact) mass is 578 g/mol. The van der Waals surface area contributed by atoms with Crippen molar-refractivity contribution in [1.29, 1.82) is 0 Å². The maximum Gasteiger partial charge on any atom is 0.330 e. The Morgan fingerprint density at radius 2 is 1.63 bits per heavy atom. The number of carbonyl (C=O) groups excluding carboxylic acids is 1. The van der Waals surface area contributed by atoms with Gasteiger partial charge in [-0.05, 0) is 47.9 Å². The molecule has 4 rings (SSSR count). The summed E-state index contributed by atoms with van der Waals surface area (Å²) in [6.07, 6.45) is -7.34. The van der Waals surface area contributed by atoms with Crippen LogP contribution in [0.25, 0.3) is 6.08 Å². The third-order valence-corrected chi connectivity index (χ3v) is 6.80. The molecule has 0 bridgehead atoms. The first-order chi connectivity index (χ1) is 19.6. The summed E-state index contributed by atoms with van der Waals surface area (Å²) in [6, 6.07) is 12.5. The third-order valence-electron chi connectivity index (χ3n) is 6.80. The van der Waals surface area contributed by atoms with Crippen LogP contribution in [0.5, 0.6) is 11.5 Å². The van der Waals surface area contributed by atoms with Gasteiger partial charge in [-0.2, -0.15) is 0 Å². The van der Waals surface area contributed by atoms with Crippen molar-refractivity contribution in [2.24, 2.45) is 0 Å². The van der Waals surface area contributed by atoms with Crippen LogP contribution in [-0.2, 0) is 34.9 Å². The Morgan fingerprint density at radius 1 is 0.976 bits per heavy atom. The summed E-state index contributed by atoms with van der Waals surface area (Å²) in [5.41, 5.74) is -0.591. The lowest BCUT2D eigenvalue weighted by molar-refractivity contribution is -0.335. The number of aliphatic hydroxyl groups is 5. The van der Waals surface area contributed by atoms with Gasteiger partial charge in [0.25, 0.3) is 0 Å². The van der Waals surface area contributed by atoms with Crippen molar-refractivity contribution >= 4 is 12.0 Å². The van der Waals surface area contributed by atoms with Gasteiger partial charge < -0.3 is 59.4 Å². The average Bonchev–Trinajstić information content (AvgIpc) is 3.25. The second kappa shape index (κ2) is 13.7. The highest BCUT2D eigenvalue weighted by molar-refractivity contribution is 5.87. The van der Waals surface area contributed by atoms with Crippen LogP contribution in [0.2, 0.25) is 0 Å². The van der Waals surface area contributed by atoms with E-state index in [-0.39, 0.29) is 18.1 Å². The van der Waals surface area contributed by atoms with Crippen LogP contribution in [0.1, 0.15) is 11.1 Å². The summed E-state index contributed by atoms with van der Waals surface area (Å²) in [6.45, 7) is -1.66. The van der Waals surface area contributed by atoms with E-state index >= 15 is 0 Å². The number of aliphatic hydroxyl groups excluding tert-OH is 4. The second-order valence-corrected chi connectivity index (χ2v) is 9.86. The molecule has 8 unspecified atom stereocenters. The zero-order valence-corrected chi connectivity index (χ0v) is 21.9. The fourth-order valence-electron chi connectivity index (χ4n) is 4.34. The Balaban J connectivity index is 1.34. The number of hydrogen-bond acceptors (Lipinski definition) is 13. The molecule has 0 aromatic heterocycles. The first kappa shape index (κ1) is 30.8. The van der Waals surface area contributed by atoms with Gasteiger partial charge in [-0.3, -0.25) is 0 Å².